The number of anilines is 1. The minimum Gasteiger partial charge on any atom is -0.384 e. The van der Waals surface area contributed by atoms with Gasteiger partial charge in [-0.25, -0.2) is 4.98 Å². The van der Waals surface area contributed by atoms with E-state index < -0.39 is 0 Å². The summed E-state index contributed by atoms with van der Waals surface area (Å²) in [5, 5.41) is 10.6. The Labute approximate surface area is 201 Å². The van der Waals surface area contributed by atoms with Crippen molar-refractivity contribution in [1.29, 1.82) is 0 Å². The molecule has 2 aromatic rings. The summed E-state index contributed by atoms with van der Waals surface area (Å²) in [6, 6.07) is 5.65. The molecule has 4 aliphatic carbocycles. The van der Waals surface area contributed by atoms with Gasteiger partial charge in [0.1, 0.15) is 0 Å². The molecule has 6 nitrogen and oxygen atoms in total. The summed E-state index contributed by atoms with van der Waals surface area (Å²) in [5.41, 5.74) is 1.83. The number of aryl methyl sites for hydroxylation is 1. The number of amides is 1. The van der Waals surface area contributed by atoms with Gasteiger partial charge in [-0.15, -0.1) is 0 Å². The summed E-state index contributed by atoms with van der Waals surface area (Å²) < 4.78 is 2.09. The number of nitrogens with zero attached hydrogens (tertiary/aromatic N) is 2. The predicted molar refractivity (Wildman–Crippen MR) is 133 cm³/mol. The molecule has 0 radical (unpaired) electrons. The molecule has 0 saturated heterocycles. The van der Waals surface area contributed by atoms with E-state index in [1.165, 1.54) is 38.5 Å². The van der Waals surface area contributed by atoms with E-state index in [1.54, 1.807) is 6.20 Å². The normalized spacial score (nSPS) is 27.6. The van der Waals surface area contributed by atoms with Crippen molar-refractivity contribution < 1.29 is 4.79 Å². The second-order valence-corrected chi connectivity index (χ2v) is 11.0. The summed E-state index contributed by atoms with van der Waals surface area (Å²) in [7, 11) is 0. The standard InChI is InChI=1S/C26H36ClN5O/c27-24-3-2-22(30-6-5-28-4-1-8-32-9-7-29-18-32)13-23(24)25(33)31-17-26-14-19-10-20(15-26)12-21(11-19)16-26/h2-3,7,9,13,18-21,28,30H,1,4-6,8,10-12,14-17H2,(H,31,33). The average Bonchev–Trinajstić information content (AvgIpc) is 3.30. The van der Waals surface area contributed by atoms with Crippen molar-refractivity contribution in [3.8, 4) is 0 Å². The number of aromatic nitrogens is 2. The molecule has 6 rings (SSSR count). The van der Waals surface area contributed by atoms with Gasteiger partial charge in [0.2, 0.25) is 0 Å². The van der Waals surface area contributed by atoms with E-state index in [4.69, 9.17) is 11.6 Å². The monoisotopic (exact) mass is 469 g/mol. The largest absolute Gasteiger partial charge is 0.384 e. The van der Waals surface area contributed by atoms with Crippen LogP contribution < -0.4 is 16.0 Å². The van der Waals surface area contributed by atoms with E-state index in [0.717, 1.165) is 62.6 Å². The smallest absolute Gasteiger partial charge is 0.252 e. The molecule has 1 aromatic heterocycles. The lowest BCUT2D eigenvalue weighted by molar-refractivity contribution is -0.0503. The third kappa shape index (κ3) is 5.55. The second-order valence-electron chi connectivity index (χ2n) is 10.6. The molecule has 0 spiro atoms. The van der Waals surface area contributed by atoms with Crippen molar-refractivity contribution in [2.75, 3.05) is 31.5 Å². The third-order valence-corrected chi connectivity index (χ3v) is 8.29. The number of carbonyl (C=O) groups is 1. The quantitative estimate of drug-likeness (QED) is 0.421. The fraction of sp³-hybridized carbons (Fsp3) is 0.615. The number of hydrogen-bond donors (Lipinski definition) is 3. The predicted octanol–water partition coefficient (Wildman–Crippen LogP) is 4.57. The van der Waals surface area contributed by atoms with Crippen molar-refractivity contribution in [3.63, 3.8) is 0 Å². The van der Waals surface area contributed by atoms with Crippen LogP contribution in [-0.2, 0) is 6.54 Å². The maximum absolute atomic E-state index is 13.0. The van der Waals surface area contributed by atoms with Gasteiger partial charge in [-0.2, -0.15) is 0 Å². The van der Waals surface area contributed by atoms with Gasteiger partial charge in [-0.3, -0.25) is 4.79 Å². The van der Waals surface area contributed by atoms with E-state index in [-0.39, 0.29) is 5.91 Å². The van der Waals surface area contributed by atoms with Crippen LogP contribution in [0, 0.1) is 23.2 Å². The van der Waals surface area contributed by atoms with Crippen molar-refractivity contribution in [1.82, 2.24) is 20.2 Å². The van der Waals surface area contributed by atoms with Crippen molar-refractivity contribution in [2.24, 2.45) is 23.2 Å². The molecule has 0 atom stereocenters. The van der Waals surface area contributed by atoms with Crippen LogP contribution >= 0.6 is 11.6 Å². The Kier molecular flexibility index (Phi) is 6.93. The lowest BCUT2D eigenvalue weighted by atomic mass is 9.49. The number of nitrogens with one attached hydrogen (secondary N) is 3. The fourth-order valence-electron chi connectivity index (χ4n) is 6.90. The Morgan fingerprint density at radius 1 is 1.09 bits per heavy atom. The van der Waals surface area contributed by atoms with Gasteiger partial charge >= 0.3 is 0 Å². The molecule has 4 bridgehead atoms. The molecule has 7 heteroatoms. The Morgan fingerprint density at radius 2 is 1.85 bits per heavy atom. The van der Waals surface area contributed by atoms with Gasteiger partial charge < -0.3 is 20.5 Å². The van der Waals surface area contributed by atoms with Crippen LogP contribution in [0.3, 0.4) is 0 Å². The Hall–Kier alpha value is -2.05. The summed E-state index contributed by atoms with van der Waals surface area (Å²) in [6.07, 6.45) is 14.9. The van der Waals surface area contributed by atoms with Crippen LogP contribution in [0.25, 0.3) is 0 Å². The van der Waals surface area contributed by atoms with E-state index >= 15 is 0 Å². The Balaban J connectivity index is 1.06. The highest BCUT2D eigenvalue weighted by Gasteiger charge is 2.50. The highest BCUT2D eigenvalue weighted by atomic mass is 35.5. The number of carbonyl (C=O) groups excluding carboxylic acids is 1. The van der Waals surface area contributed by atoms with Gasteiger partial charge in [-0.1, -0.05) is 11.6 Å². The first-order valence-electron chi connectivity index (χ1n) is 12.6. The minimum atomic E-state index is -0.0444. The first kappa shape index (κ1) is 22.7. The molecule has 1 amide bonds. The highest BCUT2D eigenvalue weighted by molar-refractivity contribution is 6.34. The maximum Gasteiger partial charge on any atom is 0.252 e. The first-order valence-corrected chi connectivity index (χ1v) is 12.9. The Morgan fingerprint density at radius 3 is 2.55 bits per heavy atom. The van der Waals surface area contributed by atoms with Crippen molar-refractivity contribution in [3.05, 3.63) is 47.5 Å². The van der Waals surface area contributed by atoms with Crippen LogP contribution in [0.1, 0.15) is 55.3 Å². The summed E-state index contributed by atoms with van der Waals surface area (Å²) in [6.45, 7) is 4.38. The molecule has 178 valence electrons. The van der Waals surface area contributed by atoms with E-state index in [1.807, 2.05) is 30.7 Å². The van der Waals surface area contributed by atoms with Gasteiger partial charge in [0.15, 0.2) is 0 Å². The SMILES string of the molecule is O=C(NCC12CC3CC(CC(C3)C1)C2)c1cc(NCCNCCCn2ccnc2)ccc1Cl. The molecular formula is C26H36ClN5O. The van der Waals surface area contributed by atoms with Crippen LogP contribution in [0.2, 0.25) is 5.02 Å². The molecule has 0 aliphatic heterocycles. The van der Waals surface area contributed by atoms with E-state index in [0.29, 0.717) is 16.0 Å². The topological polar surface area (TPSA) is 71.0 Å². The van der Waals surface area contributed by atoms with Crippen LogP contribution in [0.5, 0.6) is 0 Å². The average molecular weight is 470 g/mol. The number of halogens is 1. The zero-order valence-electron chi connectivity index (χ0n) is 19.4. The third-order valence-electron chi connectivity index (χ3n) is 7.96. The van der Waals surface area contributed by atoms with Gasteiger partial charge in [0, 0.05) is 44.3 Å². The Bertz CT molecular complexity index is 909. The van der Waals surface area contributed by atoms with Crippen molar-refractivity contribution in [2.45, 2.75) is 51.5 Å². The maximum atomic E-state index is 13.0. The second kappa shape index (κ2) is 10.1. The van der Waals surface area contributed by atoms with Gasteiger partial charge in [0.25, 0.3) is 5.91 Å². The van der Waals surface area contributed by atoms with Gasteiger partial charge in [-0.05, 0) is 92.9 Å². The van der Waals surface area contributed by atoms with E-state index in [9.17, 15) is 4.79 Å². The summed E-state index contributed by atoms with van der Waals surface area (Å²) >= 11 is 6.40. The molecular weight excluding hydrogens is 434 g/mol. The molecule has 4 fully saturated rings. The lowest BCUT2D eigenvalue weighted by Crippen LogP contribution is -2.51. The highest BCUT2D eigenvalue weighted by Crippen LogP contribution is 2.59. The molecule has 1 aromatic carbocycles. The summed E-state index contributed by atoms with van der Waals surface area (Å²) in [4.78, 5) is 17.1. The van der Waals surface area contributed by atoms with Gasteiger partial charge in [0.05, 0.1) is 16.9 Å². The number of benzene rings is 1. The molecule has 3 N–H and O–H groups in total. The minimum absolute atomic E-state index is 0.0444. The molecule has 33 heavy (non-hydrogen) atoms. The van der Waals surface area contributed by atoms with Crippen LogP contribution in [0.15, 0.2) is 36.9 Å². The zero-order chi connectivity index (χ0) is 22.7. The summed E-state index contributed by atoms with van der Waals surface area (Å²) in [5.74, 6) is 2.63. The van der Waals surface area contributed by atoms with Crippen molar-refractivity contribution >= 4 is 23.2 Å². The molecule has 0 unspecified atom stereocenters. The molecule has 4 saturated carbocycles. The fourth-order valence-corrected chi connectivity index (χ4v) is 7.11. The number of hydrogen-bond acceptors (Lipinski definition) is 4. The molecule has 4 aliphatic rings. The number of imidazole rings is 1. The van der Waals surface area contributed by atoms with Crippen LogP contribution in [0.4, 0.5) is 5.69 Å². The lowest BCUT2D eigenvalue weighted by Gasteiger charge is -2.56. The van der Waals surface area contributed by atoms with Crippen LogP contribution in [-0.4, -0.2) is 41.6 Å². The van der Waals surface area contributed by atoms with E-state index in [2.05, 4.69) is 25.5 Å². The molecule has 1 heterocycles. The number of rotatable bonds is 11. The first-order chi connectivity index (χ1) is 16.1. The zero-order valence-corrected chi connectivity index (χ0v) is 20.1.